The Hall–Kier alpha value is -1.69. The maximum absolute atomic E-state index is 11.6. The summed E-state index contributed by atoms with van der Waals surface area (Å²) in [4.78, 5) is 13.7. The smallest absolute Gasteiger partial charge is 0.271 e. The summed E-state index contributed by atoms with van der Waals surface area (Å²) in [5.74, 6) is 0.519. The minimum Gasteiger partial charge on any atom is -0.394 e. The molecule has 1 amide bonds. The van der Waals surface area contributed by atoms with Crippen molar-refractivity contribution in [2.24, 2.45) is 0 Å². The van der Waals surface area contributed by atoms with E-state index in [1.807, 2.05) is 6.92 Å². The average Bonchev–Trinajstić information content (AvgIpc) is 2.47. The zero-order valence-corrected chi connectivity index (χ0v) is 11.2. The topological polar surface area (TPSA) is 78.4 Å². The zero-order valence-electron chi connectivity index (χ0n) is 11.2. The van der Waals surface area contributed by atoms with Crippen molar-refractivity contribution in [1.82, 2.24) is 15.5 Å². The normalized spacial score (nSPS) is 19.3. The molecule has 19 heavy (non-hydrogen) atoms. The van der Waals surface area contributed by atoms with Crippen LogP contribution in [0.15, 0.2) is 12.1 Å². The molecule has 2 rings (SSSR count). The predicted molar refractivity (Wildman–Crippen MR) is 72.1 cm³/mol. The van der Waals surface area contributed by atoms with Gasteiger partial charge in [0, 0.05) is 13.1 Å². The SMILES string of the molecule is CCNC(=O)c1ccc(N2CCCCC2CO)nn1. The molecular weight excluding hydrogens is 244 g/mol. The second kappa shape index (κ2) is 6.47. The van der Waals surface area contributed by atoms with Gasteiger partial charge < -0.3 is 15.3 Å². The van der Waals surface area contributed by atoms with Crippen molar-refractivity contribution in [1.29, 1.82) is 0 Å². The Labute approximate surface area is 112 Å². The van der Waals surface area contributed by atoms with Crippen LogP contribution in [0.4, 0.5) is 5.82 Å². The van der Waals surface area contributed by atoms with E-state index in [0.29, 0.717) is 12.2 Å². The van der Waals surface area contributed by atoms with Crippen LogP contribution in [0.5, 0.6) is 0 Å². The van der Waals surface area contributed by atoms with Crippen molar-refractivity contribution in [3.63, 3.8) is 0 Å². The highest BCUT2D eigenvalue weighted by Gasteiger charge is 2.23. The number of piperidine rings is 1. The van der Waals surface area contributed by atoms with Crippen LogP contribution in [-0.2, 0) is 0 Å². The first-order chi connectivity index (χ1) is 9.26. The van der Waals surface area contributed by atoms with E-state index in [-0.39, 0.29) is 18.6 Å². The molecule has 0 saturated carbocycles. The molecule has 1 aromatic rings. The molecule has 0 aliphatic carbocycles. The van der Waals surface area contributed by atoms with Crippen LogP contribution in [0.1, 0.15) is 36.7 Å². The number of amides is 1. The van der Waals surface area contributed by atoms with Gasteiger partial charge >= 0.3 is 0 Å². The lowest BCUT2D eigenvalue weighted by molar-refractivity contribution is 0.0950. The summed E-state index contributed by atoms with van der Waals surface area (Å²) >= 11 is 0. The van der Waals surface area contributed by atoms with Crippen LogP contribution < -0.4 is 10.2 Å². The summed E-state index contributed by atoms with van der Waals surface area (Å²) in [5, 5.41) is 20.1. The molecule has 104 valence electrons. The highest BCUT2D eigenvalue weighted by molar-refractivity contribution is 5.92. The quantitative estimate of drug-likeness (QED) is 0.831. The van der Waals surface area contributed by atoms with E-state index < -0.39 is 0 Å². The number of carbonyl (C=O) groups excluding carboxylic acids is 1. The minimum atomic E-state index is -0.209. The second-order valence-corrected chi connectivity index (χ2v) is 4.66. The van der Waals surface area contributed by atoms with Gasteiger partial charge in [0.05, 0.1) is 12.6 Å². The Balaban J connectivity index is 2.10. The lowest BCUT2D eigenvalue weighted by atomic mass is 10.0. The van der Waals surface area contributed by atoms with Gasteiger partial charge in [0.2, 0.25) is 0 Å². The molecule has 1 aromatic heterocycles. The summed E-state index contributed by atoms with van der Waals surface area (Å²) < 4.78 is 0. The lowest BCUT2D eigenvalue weighted by Crippen LogP contribution is -2.42. The van der Waals surface area contributed by atoms with Crippen LogP contribution >= 0.6 is 0 Å². The first-order valence-electron chi connectivity index (χ1n) is 6.75. The molecule has 6 heteroatoms. The third-order valence-electron chi connectivity index (χ3n) is 3.35. The molecule has 2 heterocycles. The van der Waals surface area contributed by atoms with Crippen molar-refractivity contribution < 1.29 is 9.90 Å². The fraction of sp³-hybridized carbons (Fsp3) is 0.615. The number of aliphatic hydroxyl groups is 1. The summed E-state index contributed by atoms with van der Waals surface area (Å²) in [6, 6.07) is 3.58. The number of carbonyl (C=O) groups is 1. The van der Waals surface area contributed by atoms with Gasteiger partial charge in [0.15, 0.2) is 11.5 Å². The molecule has 2 N–H and O–H groups in total. The van der Waals surface area contributed by atoms with Crippen molar-refractivity contribution >= 4 is 11.7 Å². The van der Waals surface area contributed by atoms with Crippen molar-refractivity contribution in [3.8, 4) is 0 Å². The highest BCUT2D eigenvalue weighted by atomic mass is 16.3. The van der Waals surface area contributed by atoms with Gasteiger partial charge in [-0.15, -0.1) is 10.2 Å². The molecule has 0 radical (unpaired) electrons. The molecule has 0 spiro atoms. The van der Waals surface area contributed by atoms with E-state index in [9.17, 15) is 9.90 Å². The molecule has 0 aromatic carbocycles. The summed E-state index contributed by atoms with van der Waals surface area (Å²) in [5.41, 5.74) is 0.322. The Morgan fingerprint density at radius 2 is 2.32 bits per heavy atom. The van der Waals surface area contributed by atoms with E-state index in [2.05, 4.69) is 20.4 Å². The van der Waals surface area contributed by atoms with Gasteiger partial charge in [-0.25, -0.2) is 0 Å². The van der Waals surface area contributed by atoms with E-state index in [0.717, 1.165) is 31.6 Å². The number of aromatic nitrogens is 2. The molecule has 1 unspecified atom stereocenters. The number of hydrogen-bond acceptors (Lipinski definition) is 5. The van der Waals surface area contributed by atoms with Crippen LogP contribution in [0, 0.1) is 0 Å². The first-order valence-corrected chi connectivity index (χ1v) is 6.75. The van der Waals surface area contributed by atoms with E-state index >= 15 is 0 Å². The second-order valence-electron chi connectivity index (χ2n) is 4.66. The maximum atomic E-state index is 11.6. The predicted octanol–water partition coefficient (Wildman–Crippen LogP) is 0.577. The largest absolute Gasteiger partial charge is 0.394 e. The van der Waals surface area contributed by atoms with E-state index in [4.69, 9.17) is 0 Å². The lowest BCUT2D eigenvalue weighted by Gasteiger charge is -2.35. The van der Waals surface area contributed by atoms with Gasteiger partial charge in [-0.3, -0.25) is 4.79 Å². The van der Waals surface area contributed by atoms with Crippen LogP contribution in [-0.4, -0.2) is 46.9 Å². The fourth-order valence-electron chi connectivity index (χ4n) is 2.34. The van der Waals surface area contributed by atoms with Gasteiger partial charge in [-0.05, 0) is 38.3 Å². The van der Waals surface area contributed by atoms with Crippen LogP contribution in [0.3, 0.4) is 0 Å². The average molecular weight is 264 g/mol. The third-order valence-corrected chi connectivity index (χ3v) is 3.35. The van der Waals surface area contributed by atoms with E-state index in [1.54, 1.807) is 12.1 Å². The van der Waals surface area contributed by atoms with Gasteiger partial charge in [0.25, 0.3) is 5.91 Å². The Bertz CT molecular complexity index is 421. The number of hydrogen-bond donors (Lipinski definition) is 2. The van der Waals surface area contributed by atoms with Crippen molar-refractivity contribution in [2.45, 2.75) is 32.2 Å². The number of anilines is 1. The van der Waals surface area contributed by atoms with Gasteiger partial charge in [-0.2, -0.15) is 0 Å². The number of aliphatic hydroxyl groups excluding tert-OH is 1. The zero-order chi connectivity index (χ0) is 13.7. The third kappa shape index (κ3) is 3.20. The fourth-order valence-corrected chi connectivity index (χ4v) is 2.34. The molecule has 1 atom stereocenters. The highest BCUT2D eigenvalue weighted by Crippen LogP contribution is 2.22. The van der Waals surface area contributed by atoms with Gasteiger partial charge in [-0.1, -0.05) is 0 Å². The summed E-state index contributed by atoms with van der Waals surface area (Å²) in [6.07, 6.45) is 3.19. The molecule has 0 bridgehead atoms. The Morgan fingerprint density at radius 3 is 2.95 bits per heavy atom. The molecule has 1 saturated heterocycles. The van der Waals surface area contributed by atoms with Gasteiger partial charge in [0.1, 0.15) is 0 Å². The van der Waals surface area contributed by atoms with Crippen molar-refractivity contribution in [3.05, 3.63) is 17.8 Å². The monoisotopic (exact) mass is 264 g/mol. The summed E-state index contributed by atoms with van der Waals surface area (Å²) in [6.45, 7) is 3.43. The first kappa shape index (κ1) is 13.7. The maximum Gasteiger partial charge on any atom is 0.271 e. The van der Waals surface area contributed by atoms with Crippen molar-refractivity contribution in [2.75, 3.05) is 24.6 Å². The molecular formula is C13H20N4O2. The van der Waals surface area contributed by atoms with E-state index in [1.165, 1.54) is 0 Å². The standard InChI is InChI=1S/C13H20N4O2/c1-2-14-13(19)11-6-7-12(16-15-11)17-8-4-3-5-10(17)9-18/h6-7,10,18H,2-5,8-9H2,1H3,(H,14,19). The molecule has 1 aliphatic rings. The number of nitrogens with one attached hydrogen (secondary N) is 1. The molecule has 1 fully saturated rings. The minimum absolute atomic E-state index is 0.110. The number of rotatable bonds is 4. The number of nitrogens with zero attached hydrogens (tertiary/aromatic N) is 3. The molecule has 6 nitrogen and oxygen atoms in total. The van der Waals surface area contributed by atoms with Crippen LogP contribution in [0.25, 0.3) is 0 Å². The Morgan fingerprint density at radius 1 is 1.47 bits per heavy atom. The summed E-state index contributed by atoms with van der Waals surface area (Å²) in [7, 11) is 0. The molecule has 1 aliphatic heterocycles. The van der Waals surface area contributed by atoms with Crippen LogP contribution in [0.2, 0.25) is 0 Å². The Kier molecular flexibility index (Phi) is 4.68.